The highest BCUT2D eigenvalue weighted by atomic mass is 32.2. The number of rotatable bonds is 7. The zero-order valence-electron chi connectivity index (χ0n) is 18.9. The Kier molecular flexibility index (Phi) is 6.69. The fraction of sp³-hybridized carbons (Fsp3) is 0.269. The van der Waals surface area contributed by atoms with Crippen LogP contribution in [0.5, 0.6) is 0 Å². The molecule has 1 saturated heterocycles. The third-order valence-corrected chi connectivity index (χ3v) is 8.05. The SMILES string of the molecule is CC(SCc1nc2scc(-c3ccccc3)c2c(=O)[nH]1)C(=O)Nc1ccccc1N1CCCC1. The highest BCUT2D eigenvalue weighted by Gasteiger charge is 2.20. The maximum Gasteiger partial charge on any atom is 0.260 e. The van der Waals surface area contributed by atoms with Crippen LogP contribution in [0.2, 0.25) is 0 Å². The first-order valence-electron chi connectivity index (χ1n) is 11.4. The number of carbonyl (C=O) groups excluding carboxylic acids is 1. The lowest BCUT2D eigenvalue weighted by Gasteiger charge is -2.22. The van der Waals surface area contributed by atoms with E-state index >= 15 is 0 Å². The van der Waals surface area contributed by atoms with Gasteiger partial charge in [-0.25, -0.2) is 4.98 Å². The van der Waals surface area contributed by atoms with Gasteiger partial charge in [0.05, 0.1) is 27.8 Å². The van der Waals surface area contributed by atoms with E-state index in [4.69, 9.17) is 0 Å². The molecule has 0 aliphatic carbocycles. The molecule has 2 aromatic carbocycles. The van der Waals surface area contributed by atoms with Crippen LogP contribution in [0.3, 0.4) is 0 Å². The molecule has 1 amide bonds. The molecule has 1 aliphatic heterocycles. The highest BCUT2D eigenvalue weighted by Crippen LogP contribution is 2.32. The van der Waals surface area contributed by atoms with Gasteiger partial charge in [0, 0.05) is 24.0 Å². The molecule has 2 N–H and O–H groups in total. The summed E-state index contributed by atoms with van der Waals surface area (Å²) in [6.45, 7) is 3.93. The third kappa shape index (κ3) is 4.74. The number of benzene rings is 2. The molecule has 1 unspecified atom stereocenters. The summed E-state index contributed by atoms with van der Waals surface area (Å²) in [6.07, 6.45) is 2.36. The second-order valence-electron chi connectivity index (χ2n) is 8.36. The molecule has 0 saturated carbocycles. The van der Waals surface area contributed by atoms with Crippen molar-refractivity contribution in [3.8, 4) is 11.1 Å². The lowest BCUT2D eigenvalue weighted by Crippen LogP contribution is -2.25. The van der Waals surface area contributed by atoms with Crippen LogP contribution in [-0.2, 0) is 10.5 Å². The summed E-state index contributed by atoms with van der Waals surface area (Å²) >= 11 is 2.93. The number of anilines is 2. The van der Waals surface area contributed by atoms with Crippen LogP contribution < -0.4 is 15.8 Å². The van der Waals surface area contributed by atoms with Gasteiger partial charge >= 0.3 is 0 Å². The summed E-state index contributed by atoms with van der Waals surface area (Å²) in [7, 11) is 0. The molecule has 34 heavy (non-hydrogen) atoms. The Morgan fingerprint density at radius 2 is 1.88 bits per heavy atom. The number of para-hydroxylation sites is 2. The van der Waals surface area contributed by atoms with Crippen molar-refractivity contribution < 1.29 is 4.79 Å². The highest BCUT2D eigenvalue weighted by molar-refractivity contribution is 7.99. The molecular weight excluding hydrogens is 464 g/mol. The Balaban J connectivity index is 1.27. The largest absolute Gasteiger partial charge is 0.370 e. The topological polar surface area (TPSA) is 78.1 Å². The summed E-state index contributed by atoms with van der Waals surface area (Å²) < 4.78 is 0. The van der Waals surface area contributed by atoms with Crippen LogP contribution in [0.4, 0.5) is 11.4 Å². The normalized spacial score (nSPS) is 14.4. The number of nitrogens with one attached hydrogen (secondary N) is 2. The minimum atomic E-state index is -0.296. The Hall–Kier alpha value is -3.10. The van der Waals surface area contributed by atoms with Gasteiger partial charge in [-0.05, 0) is 37.5 Å². The molecule has 4 aromatic rings. The molecule has 8 heteroatoms. The number of aromatic amines is 1. The predicted octanol–water partition coefficient (Wildman–Crippen LogP) is 5.51. The minimum absolute atomic E-state index is 0.0532. The molecule has 1 fully saturated rings. The van der Waals surface area contributed by atoms with Crippen molar-refractivity contribution in [2.24, 2.45) is 0 Å². The number of nitrogens with zero attached hydrogens (tertiary/aromatic N) is 2. The second kappa shape index (κ2) is 10.0. The van der Waals surface area contributed by atoms with Gasteiger partial charge in [0.15, 0.2) is 0 Å². The number of thioether (sulfide) groups is 1. The van der Waals surface area contributed by atoms with Crippen LogP contribution >= 0.6 is 23.1 Å². The number of carbonyl (C=O) groups is 1. The van der Waals surface area contributed by atoms with Gasteiger partial charge in [0.1, 0.15) is 10.7 Å². The van der Waals surface area contributed by atoms with Crippen molar-refractivity contribution >= 4 is 50.6 Å². The van der Waals surface area contributed by atoms with Gasteiger partial charge in [-0.1, -0.05) is 42.5 Å². The van der Waals surface area contributed by atoms with Gasteiger partial charge in [-0.3, -0.25) is 9.59 Å². The summed E-state index contributed by atoms with van der Waals surface area (Å²) in [5.74, 6) is 0.982. The Morgan fingerprint density at radius 3 is 2.68 bits per heavy atom. The van der Waals surface area contributed by atoms with E-state index in [2.05, 4.69) is 26.3 Å². The molecule has 0 spiro atoms. The molecule has 0 radical (unpaired) electrons. The summed E-state index contributed by atoms with van der Waals surface area (Å²) in [5.41, 5.74) is 3.69. The lowest BCUT2D eigenvalue weighted by molar-refractivity contribution is -0.115. The average molecular weight is 491 g/mol. The summed E-state index contributed by atoms with van der Waals surface area (Å²) in [4.78, 5) is 36.4. The second-order valence-corrected chi connectivity index (χ2v) is 10.5. The van der Waals surface area contributed by atoms with Gasteiger partial charge in [0.25, 0.3) is 5.56 Å². The first kappa shape index (κ1) is 22.7. The number of thiophene rings is 1. The van der Waals surface area contributed by atoms with Gasteiger partial charge in [-0.2, -0.15) is 0 Å². The van der Waals surface area contributed by atoms with Crippen molar-refractivity contribution in [2.75, 3.05) is 23.3 Å². The maximum atomic E-state index is 12.9. The van der Waals surface area contributed by atoms with E-state index in [1.807, 2.05) is 60.8 Å². The number of amides is 1. The summed E-state index contributed by atoms with van der Waals surface area (Å²) in [5, 5.41) is 5.40. The monoisotopic (exact) mass is 490 g/mol. The average Bonchev–Trinajstić information content (AvgIpc) is 3.54. The lowest BCUT2D eigenvalue weighted by atomic mass is 10.1. The molecule has 1 atom stereocenters. The van der Waals surface area contributed by atoms with E-state index in [1.165, 1.54) is 35.9 Å². The fourth-order valence-electron chi connectivity index (χ4n) is 4.22. The standard InChI is InChI=1S/C26H26N4O2S2/c1-17(24(31)27-20-11-5-6-12-21(20)30-13-7-8-14-30)33-16-22-28-25(32)23-19(15-34-26(23)29-22)18-9-3-2-4-10-18/h2-6,9-12,15,17H,7-8,13-14,16H2,1H3,(H,27,31)(H,28,29,32). The number of aromatic nitrogens is 2. The minimum Gasteiger partial charge on any atom is -0.370 e. The van der Waals surface area contributed by atoms with E-state index in [-0.39, 0.29) is 16.7 Å². The van der Waals surface area contributed by atoms with Gasteiger partial charge in [0.2, 0.25) is 5.91 Å². The van der Waals surface area contributed by atoms with Crippen LogP contribution in [0.25, 0.3) is 21.3 Å². The van der Waals surface area contributed by atoms with Crippen LogP contribution in [0.1, 0.15) is 25.6 Å². The fourth-order valence-corrected chi connectivity index (χ4v) is 5.94. The molecule has 5 rings (SSSR count). The van der Waals surface area contributed by atoms with Crippen LogP contribution in [-0.4, -0.2) is 34.2 Å². The van der Waals surface area contributed by atoms with E-state index in [9.17, 15) is 9.59 Å². The number of hydrogen-bond donors (Lipinski definition) is 2. The Morgan fingerprint density at radius 1 is 1.15 bits per heavy atom. The van der Waals surface area contributed by atoms with E-state index in [0.29, 0.717) is 17.0 Å². The van der Waals surface area contributed by atoms with Crippen LogP contribution in [0.15, 0.2) is 64.8 Å². The molecular formula is C26H26N4O2S2. The smallest absolute Gasteiger partial charge is 0.260 e. The predicted molar refractivity (Wildman–Crippen MR) is 143 cm³/mol. The zero-order chi connectivity index (χ0) is 23.5. The third-order valence-electron chi connectivity index (χ3n) is 6.03. The van der Waals surface area contributed by atoms with Crippen molar-refractivity contribution in [2.45, 2.75) is 30.8 Å². The van der Waals surface area contributed by atoms with Gasteiger partial charge in [-0.15, -0.1) is 23.1 Å². The molecule has 1 aliphatic rings. The van der Waals surface area contributed by atoms with E-state index < -0.39 is 0 Å². The first-order chi connectivity index (χ1) is 16.6. The van der Waals surface area contributed by atoms with E-state index in [0.717, 1.165) is 40.4 Å². The summed E-state index contributed by atoms with van der Waals surface area (Å²) in [6, 6.07) is 17.8. The van der Waals surface area contributed by atoms with Gasteiger partial charge < -0.3 is 15.2 Å². The van der Waals surface area contributed by atoms with Crippen molar-refractivity contribution in [3.05, 3.63) is 76.2 Å². The molecule has 2 aromatic heterocycles. The number of fused-ring (bicyclic) bond motifs is 1. The van der Waals surface area contributed by atoms with Crippen molar-refractivity contribution in [1.29, 1.82) is 0 Å². The molecule has 0 bridgehead atoms. The van der Waals surface area contributed by atoms with Crippen molar-refractivity contribution in [1.82, 2.24) is 9.97 Å². The molecule has 6 nitrogen and oxygen atoms in total. The number of H-pyrrole nitrogens is 1. The van der Waals surface area contributed by atoms with Crippen molar-refractivity contribution in [3.63, 3.8) is 0 Å². The maximum absolute atomic E-state index is 12.9. The molecule has 3 heterocycles. The quantitative estimate of drug-likeness (QED) is 0.357. The van der Waals surface area contributed by atoms with E-state index in [1.54, 1.807) is 0 Å². The Labute approximate surface area is 206 Å². The molecule has 174 valence electrons. The first-order valence-corrected chi connectivity index (χ1v) is 13.4. The zero-order valence-corrected chi connectivity index (χ0v) is 20.5. The van der Waals surface area contributed by atoms with Crippen LogP contribution in [0, 0.1) is 0 Å². The Bertz CT molecular complexity index is 1360. The number of hydrogen-bond acceptors (Lipinski definition) is 6.